The van der Waals surface area contributed by atoms with Gasteiger partial charge >= 0.3 is 0 Å². The number of halogens is 1. The fraction of sp³-hybridized carbons (Fsp3) is 0.333. The Bertz CT molecular complexity index is 849. The van der Waals surface area contributed by atoms with Gasteiger partial charge in [0.05, 0.1) is 0 Å². The van der Waals surface area contributed by atoms with Crippen LogP contribution in [-0.2, 0) is 0 Å². The highest BCUT2D eigenvalue weighted by molar-refractivity contribution is 6.30. The molecule has 2 aromatic heterocycles. The zero-order chi connectivity index (χ0) is 17.9. The molecule has 0 aliphatic heterocycles. The van der Waals surface area contributed by atoms with E-state index in [9.17, 15) is 0 Å². The minimum Gasteiger partial charge on any atom is -0.330 e. The van der Waals surface area contributed by atoms with Gasteiger partial charge in [-0.1, -0.05) is 23.7 Å². The van der Waals surface area contributed by atoms with Crippen molar-refractivity contribution in [3.05, 3.63) is 59.5 Å². The third-order valence-corrected chi connectivity index (χ3v) is 5.72. The van der Waals surface area contributed by atoms with Gasteiger partial charge in [0.1, 0.15) is 5.69 Å². The first-order chi connectivity index (χ1) is 12.8. The van der Waals surface area contributed by atoms with E-state index >= 15 is 0 Å². The number of aromatic amines is 1. The van der Waals surface area contributed by atoms with Gasteiger partial charge in [0, 0.05) is 40.2 Å². The molecule has 1 fully saturated rings. The number of H-pyrrole nitrogens is 1. The van der Waals surface area contributed by atoms with Crippen LogP contribution < -0.4 is 5.73 Å². The Morgan fingerprint density at radius 2 is 1.65 bits per heavy atom. The maximum absolute atomic E-state index is 6.06. The van der Waals surface area contributed by atoms with Crippen LogP contribution in [0, 0.1) is 5.92 Å². The van der Waals surface area contributed by atoms with E-state index in [1.807, 2.05) is 36.7 Å². The lowest BCUT2D eigenvalue weighted by atomic mass is 9.79. The van der Waals surface area contributed by atoms with Crippen LogP contribution in [0.2, 0.25) is 5.02 Å². The number of hydrogen-bond acceptors (Lipinski definition) is 3. The van der Waals surface area contributed by atoms with Gasteiger partial charge in [-0.15, -0.1) is 0 Å². The fourth-order valence-corrected chi connectivity index (χ4v) is 4.09. The summed E-state index contributed by atoms with van der Waals surface area (Å²) in [6, 6.07) is 12.0. The van der Waals surface area contributed by atoms with Crippen molar-refractivity contribution in [2.75, 3.05) is 6.54 Å². The van der Waals surface area contributed by atoms with Gasteiger partial charge in [0.2, 0.25) is 0 Å². The molecule has 0 bridgehead atoms. The van der Waals surface area contributed by atoms with Crippen molar-refractivity contribution in [1.82, 2.24) is 15.2 Å². The summed E-state index contributed by atoms with van der Waals surface area (Å²) in [5.41, 5.74) is 11.5. The number of nitrogens with zero attached hydrogens (tertiary/aromatic N) is 2. The van der Waals surface area contributed by atoms with Crippen LogP contribution in [0.5, 0.6) is 0 Å². The molecule has 1 aliphatic rings. The molecule has 0 amide bonds. The first kappa shape index (κ1) is 17.3. The lowest BCUT2D eigenvalue weighted by Gasteiger charge is -2.27. The summed E-state index contributed by atoms with van der Waals surface area (Å²) in [6.45, 7) is 0.795. The fourth-order valence-electron chi connectivity index (χ4n) is 3.97. The van der Waals surface area contributed by atoms with Gasteiger partial charge in [-0.2, -0.15) is 5.10 Å². The molecule has 2 heterocycles. The largest absolute Gasteiger partial charge is 0.330 e. The highest BCUT2D eigenvalue weighted by atomic mass is 35.5. The van der Waals surface area contributed by atoms with Gasteiger partial charge in [-0.3, -0.25) is 10.1 Å². The third-order valence-electron chi connectivity index (χ3n) is 5.47. The number of nitrogens with one attached hydrogen (secondary N) is 1. The number of nitrogens with two attached hydrogens (primary N) is 1. The second kappa shape index (κ2) is 7.60. The van der Waals surface area contributed by atoms with Gasteiger partial charge in [-0.05, 0) is 68.0 Å². The molecule has 0 saturated heterocycles. The van der Waals surface area contributed by atoms with E-state index in [-0.39, 0.29) is 0 Å². The van der Waals surface area contributed by atoms with E-state index in [1.165, 1.54) is 24.1 Å². The van der Waals surface area contributed by atoms with Crippen LogP contribution in [0.4, 0.5) is 0 Å². The Morgan fingerprint density at radius 1 is 0.962 bits per heavy atom. The first-order valence-corrected chi connectivity index (χ1v) is 9.58. The number of rotatable bonds is 4. The van der Waals surface area contributed by atoms with Crippen molar-refractivity contribution in [3.63, 3.8) is 0 Å². The number of aromatic nitrogens is 3. The highest BCUT2D eigenvalue weighted by Crippen LogP contribution is 2.42. The number of pyridine rings is 1. The SMILES string of the molecule is NCC1CCC(c2[nH]nc(-c3ccc(Cl)cc3)c2-c2ccncc2)CC1. The van der Waals surface area contributed by atoms with Crippen LogP contribution >= 0.6 is 11.6 Å². The Hall–Kier alpha value is -2.17. The van der Waals surface area contributed by atoms with Crippen molar-refractivity contribution in [2.24, 2.45) is 11.7 Å². The zero-order valence-electron chi connectivity index (χ0n) is 14.7. The smallest absolute Gasteiger partial charge is 0.100 e. The van der Waals surface area contributed by atoms with Gasteiger partial charge in [-0.25, -0.2) is 0 Å². The molecule has 0 spiro atoms. The van der Waals surface area contributed by atoms with Crippen LogP contribution in [0.25, 0.3) is 22.4 Å². The molecule has 1 saturated carbocycles. The molecule has 5 heteroatoms. The van der Waals surface area contributed by atoms with Crippen molar-refractivity contribution >= 4 is 11.6 Å². The lowest BCUT2D eigenvalue weighted by Crippen LogP contribution is -2.21. The minimum absolute atomic E-state index is 0.495. The first-order valence-electron chi connectivity index (χ1n) is 9.21. The van der Waals surface area contributed by atoms with E-state index in [2.05, 4.69) is 22.2 Å². The quantitative estimate of drug-likeness (QED) is 0.680. The summed E-state index contributed by atoms with van der Waals surface area (Å²) < 4.78 is 0. The predicted molar refractivity (Wildman–Crippen MR) is 106 cm³/mol. The standard InChI is InChI=1S/C21H23ClN4/c22-18-7-5-17(6-8-18)21-19(15-9-11-24-12-10-15)20(25-26-21)16-3-1-14(13-23)2-4-16/h5-12,14,16H,1-4,13,23H2,(H,25,26). The summed E-state index contributed by atoms with van der Waals surface area (Å²) in [4.78, 5) is 4.17. The maximum atomic E-state index is 6.06. The average molecular weight is 367 g/mol. The molecule has 4 rings (SSSR count). The van der Waals surface area contributed by atoms with Gasteiger partial charge < -0.3 is 5.73 Å². The molecule has 0 unspecified atom stereocenters. The van der Waals surface area contributed by atoms with Crippen molar-refractivity contribution in [3.8, 4) is 22.4 Å². The summed E-state index contributed by atoms with van der Waals surface area (Å²) in [6.07, 6.45) is 8.36. The van der Waals surface area contributed by atoms with Crippen LogP contribution in [0.15, 0.2) is 48.8 Å². The monoisotopic (exact) mass is 366 g/mol. The zero-order valence-corrected chi connectivity index (χ0v) is 15.4. The Kier molecular flexibility index (Phi) is 5.05. The number of benzene rings is 1. The van der Waals surface area contributed by atoms with Gasteiger partial charge in [0.25, 0.3) is 0 Å². The summed E-state index contributed by atoms with van der Waals surface area (Å²) >= 11 is 6.06. The maximum Gasteiger partial charge on any atom is 0.100 e. The van der Waals surface area contributed by atoms with E-state index in [0.29, 0.717) is 11.8 Å². The topological polar surface area (TPSA) is 67.6 Å². The van der Waals surface area contributed by atoms with Crippen LogP contribution in [0.1, 0.15) is 37.3 Å². The third kappa shape index (κ3) is 3.39. The average Bonchev–Trinajstić information content (AvgIpc) is 3.14. The molecule has 3 aromatic rings. The highest BCUT2D eigenvalue weighted by Gasteiger charge is 2.27. The number of hydrogen-bond donors (Lipinski definition) is 2. The van der Waals surface area contributed by atoms with E-state index in [4.69, 9.17) is 22.4 Å². The molecule has 26 heavy (non-hydrogen) atoms. The normalized spacial score (nSPS) is 20.2. The van der Waals surface area contributed by atoms with Crippen LogP contribution in [0.3, 0.4) is 0 Å². The van der Waals surface area contributed by atoms with Crippen molar-refractivity contribution in [1.29, 1.82) is 0 Å². The predicted octanol–water partition coefficient (Wildman–Crippen LogP) is 5.02. The summed E-state index contributed by atoms with van der Waals surface area (Å²) in [7, 11) is 0. The lowest BCUT2D eigenvalue weighted by molar-refractivity contribution is 0.329. The summed E-state index contributed by atoms with van der Waals surface area (Å²) in [5, 5.41) is 8.78. The Morgan fingerprint density at radius 3 is 2.31 bits per heavy atom. The second-order valence-corrected chi connectivity index (χ2v) is 7.49. The molecule has 1 aromatic carbocycles. The molecule has 0 radical (unpaired) electrons. The molecular formula is C21H23ClN4. The second-order valence-electron chi connectivity index (χ2n) is 7.06. The molecule has 3 N–H and O–H groups in total. The van der Waals surface area contributed by atoms with Crippen molar-refractivity contribution < 1.29 is 0 Å². The van der Waals surface area contributed by atoms with E-state index < -0.39 is 0 Å². The van der Waals surface area contributed by atoms with Crippen molar-refractivity contribution in [2.45, 2.75) is 31.6 Å². The Labute approximate surface area is 158 Å². The molecular weight excluding hydrogens is 344 g/mol. The van der Waals surface area contributed by atoms with E-state index in [0.717, 1.165) is 41.2 Å². The van der Waals surface area contributed by atoms with Crippen LogP contribution in [-0.4, -0.2) is 21.7 Å². The molecule has 0 atom stereocenters. The molecule has 134 valence electrons. The molecule has 4 nitrogen and oxygen atoms in total. The Balaban J connectivity index is 1.76. The van der Waals surface area contributed by atoms with E-state index in [1.54, 1.807) is 0 Å². The summed E-state index contributed by atoms with van der Waals surface area (Å²) in [5.74, 6) is 1.16. The van der Waals surface area contributed by atoms with Gasteiger partial charge in [0.15, 0.2) is 0 Å². The minimum atomic E-state index is 0.495. The molecule has 1 aliphatic carbocycles.